The smallest absolute Gasteiger partial charge is 0.0702 e. The van der Waals surface area contributed by atoms with Gasteiger partial charge in [0.2, 0.25) is 0 Å². The fraction of sp³-hybridized carbons (Fsp3) is 0.312. The molecule has 0 saturated carbocycles. The lowest BCUT2D eigenvalue weighted by atomic mass is 10.0. The van der Waals surface area contributed by atoms with Crippen LogP contribution in [0, 0.1) is 11.8 Å². The Morgan fingerprint density at radius 3 is 3.00 bits per heavy atom. The highest BCUT2D eigenvalue weighted by molar-refractivity contribution is 5.79. The summed E-state index contributed by atoms with van der Waals surface area (Å²) in [5, 5.41) is 4.66. The van der Waals surface area contributed by atoms with Gasteiger partial charge in [0.15, 0.2) is 0 Å². The summed E-state index contributed by atoms with van der Waals surface area (Å²) in [7, 11) is 0. The standard InChI is InChI=1S/C16H18N2/c1-3-5-8-15(17-4-2)14-9-10-16-13(12-14)7-6-11-18-16/h6-7,9-12,15,17H,4,8H2,1-2H3. The maximum absolute atomic E-state index is 4.34. The van der Waals surface area contributed by atoms with E-state index in [1.165, 1.54) is 10.9 Å². The molecule has 2 nitrogen and oxygen atoms in total. The molecule has 0 aliphatic heterocycles. The molecule has 0 bridgehead atoms. The topological polar surface area (TPSA) is 24.9 Å². The Bertz CT molecular complexity index is 578. The zero-order valence-corrected chi connectivity index (χ0v) is 10.9. The van der Waals surface area contributed by atoms with Crippen molar-refractivity contribution in [2.45, 2.75) is 26.3 Å². The van der Waals surface area contributed by atoms with E-state index in [1.807, 2.05) is 19.2 Å². The SMILES string of the molecule is CC#CCC(NCC)c1ccc2ncccc2c1. The van der Waals surface area contributed by atoms with Crippen molar-refractivity contribution in [1.29, 1.82) is 0 Å². The summed E-state index contributed by atoms with van der Waals surface area (Å²) in [6.45, 7) is 4.95. The molecular formula is C16H18N2. The lowest BCUT2D eigenvalue weighted by molar-refractivity contribution is 0.565. The second-order valence-corrected chi connectivity index (χ2v) is 4.20. The van der Waals surface area contributed by atoms with Crippen LogP contribution >= 0.6 is 0 Å². The van der Waals surface area contributed by atoms with Crippen LogP contribution < -0.4 is 5.32 Å². The number of nitrogens with zero attached hydrogens (tertiary/aromatic N) is 1. The van der Waals surface area contributed by atoms with Crippen molar-refractivity contribution in [3.63, 3.8) is 0 Å². The zero-order chi connectivity index (χ0) is 12.8. The summed E-state index contributed by atoms with van der Waals surface area (Å²) in [6, 6.07) is 10.8. The third-order valence-electron chi connectivity index (χ3n) is 2.96. The van der Waals surface area contributed by atoms with Gasteiger partial charge in [0.05, 0.1) is 5.52 Å². The summed E-state index contributed by atoms with van der Waals surface area (Å²) in [6.07, 6.45) is 2.67. The van der Waals surface area contributed by atoms with Crippen LogP contribution in [-0.2, 0) is 0 Å². The first-order valence-corrected chi connectivity index (χ1v) is 6.32. The Balaban J connectivity index is 2.33. The van der Waals surface area contributed by atoms with Gasteiger partial charge in [-0.15, -0.1) is 11.8 Å². The molecule has 1 aromatic carbocycles. The van der Waals surface area contributed by atoms with Crippen molar-refractivity contribution in [1.82, 2.24) is 10.3 Å². The van der Waals surface area contributed by atoms with Gasteiger partial charge in [-0.05, 0) is 37.2 Å². The molecule has 0 spiro atoms. The van der Waals surface area contributed by atoms with Gasteiger partial charge >= 0.3 is 0 Å². The van der Waals surface area contributed by atoms with Gasteiger partial charge in [0.25, 0.3) is 0 Å². The van der Waals surface area contributed by atoms with Crippen LogP contribution in [-0.4, -0.2) is 11.5 Å². The molecule has 2 aromatic rings. The van der Waals surface area contributed by atoms with E-state index in [9.17, 15) is 0 Å². The normalized spacial score (nSPS) is 11.9. The average molecular weight is 238 g/mol. The molecule has 0 fully saturated rings. The first kappa shape index (κ1) is 12.6. The number of aromatic nitrogens is 1. The van der Waals surface area contributed by atoms with E-state index in [2.05, 4.69) is 53.3 Å². The molecule has 1 atom stereocenters. The van der Waals surface area contributed by atoms with E-state index >= 15 is 0 Å². The summed E-state index contributed by atoms with van der Waals surface area (Å²) in [5.41, 5.74) is 2.32. The highest BCUT2D eigenvalue weighted by atomic mass is 14.9. The Hall–Kier alpha value is -1.85. The lowest BCUT2D eigenvalue weighted by Gasteiger charge is -2.16. The maximum Gasteiger partial charge on any atom is 0.0702 e. The van der Waals surface area contributed by atoms with Crippen molar-refractivity contribution in [2.75, 3.05) is 6.54 Å². The van der Waals surface area contributed by atoms with E-state index in [0.717, 1.165) is 18.5 Å². The monoisotopic (exact) mass is 238 g/mol. The summed E-state index contributed by atoms with van der Waals surface area (Å²) in [5.74, 6) is 6.11. The summed E-state index contributed by atoms with van der Waals surface area (Å²) >= 11 is 0. The van der Waals surface area contributed by atoms with Crippen LogP contribution in [0.15, 0.2) is 36.5 Å². The van der Waals surface area contributed by atoms with E-state index < -0.39 is 0 Å². The van der Waals surface area contributed by atoms with Crippen LogP contribution in [0.5, 0.6) is 0 Å². The fourth-order valence-corrected chi connectivity index (χ4v) is 2.07. The van der Waals surface area contributed by atoms with Crippen molar-refractivity contribution in [3.8, 4) is 11.8 Å². The fourth-order valence-electron chi connectivity index (χ4n) is 2.07. The molecule has 2 rings (SSSR count). The molecule has 92 valence electrons. The predicted molar refractivity (Wildman–Crippen MR) is 76.2 cm³/mol. The van der Waals surface area contributed by atoms with Gasteiger partial charge in [-0.2, -0.15) is 0 Å². The molecule has 0 aliphatic rings. The van der Waals surface area contributed by atoms with Crippen LogP contribution in [0.1, 0.15) is 31.9 Å². The molecule has 1 unspecified atom stereocenters. The average Bonchev–Trinajstić information content (AvgIpc) is 2.43. The molecule has 18 heavy (non-hydrogen) atoms. The van der Waals surface area contributed by atoms with Crippen LogP contribution in [0.25, 0.3) is 10.9 Å². The largest absolute Gasteiger partial charge is 0.309 e. The second kappa shape index (κ2) is 6.18. The van der Waals surface area contributed by atoms with Gasteiger partial charge < -0.3 is 5.32 Å². The molecular weight excluding hydrogens is 220 g/mol. The van der Waals surface area contributed by atoms with E-state index in [0.29, 0.717) is 6.04 Å². The summed E-state index contributed by atoms with van der Waals surface area (Å²) in [4.78, 5) is 4.34. The Kier molecular flexibility index (Phi) is 4.33. The third-order valence-corrected chi connectivity index (χ3v) is 2.96. The van der Waals surface area contributed by atoms with Crippen molar-refractivity contribution in [3.05, 3.63) is 42.1 Å². The zero-order valence-electron chi connectivity index (χ0n) is 10.9. The van der Waals surface area contributed by atoms with E-state index in [-0.39, 0.29) is 0 Å². The lowest BCUT2D eigenvalue weighted by Crippen LogP contribution is -2.20. The van der Waals surface area contributed by atoms with Crippen LogP contribution in [0.4, 0.5) is 0 Å². The number of hydrogen-bond acceptors (Lipinski definition) is 2. The van der Waals surface area contributed by atoms with Crippen LogP contribution in [0.2, 0.25) is 0 Å². The molecule has 0 radical (unpaired) electrons. The quantitative estimate of drug-likeness (QED) is 0.827. The Morgan fingerprint density at radius 1 is 1.33 bits per heavy atom. The highest BCUT2D eigenvalue weighted by Crippen LogP contribution is 2.21. The van der Waals surface area contributed by atoms with Crippen molar-refractivity contribution < 1.29 is 0 Å². The number of pyridine rings is 1. The van der Waals surface area contributed by atoms with Crippen molar-refractivity contribution >= 4 is 10.9 Å². The van der Waals surface area contributed by atoms with E-state index in [4.69, 9.17) is 0 Å². The molecule has 1 heterocycles. The number of rotatable bonds is 4. The highest BCUT2D eigenvalue weighted by Gasteiger charge is 2.09. The van der Waals surface area contributed by atoms with Crippen molar-refractivity contribution in [2.24, 2.45) is 0 Å². The Labute approximate surface area is 108 Å². The molecule has 0 aliphatic carbocycles. The number of hydrogen-bond donors (Lipinski definition) is 1. The molecule has 0 saturated heterocycles. The minimum Gasteiger partial charge on any atom is -0.309 e. The molecule has 1 N–H and O–H groups in total. The van der Waals surface area contributed by atoms with Gasteiger partial charge in [-0.3, -0.25) is 4.98 Å². The van der Waals surface area contributed by atoms with Gasteiger partial charge in [-0.25, -0.2) is 0 Å². The van der Waals surface area contributed by atoms with E-state index in [1.54, 1.807) is 0 Å². The predicted octanol–water partition coefficient (Wildman–Crippen LogP) is 3.30. The first-order chi connectivity index (χ1) is 8.85. The number of benzene rings is 1. The summed E-state index contributed by atoms with van der Waals surface area (Å²) < 4.78 is 0. The molecule has 0 amide bonds. The third kappa shape index (κ3) is 2.88. The maximum atomic E-state index is 4.34. The van der Waals surface area contributed by atoms with Crippen LogP contribution in [0.3, 0.4) is 0 Å². The second-order valence-electron chi connectivity index (χ2n) is 4.20. The molecule has 1 aromatic heterocycles. The van der Waals surface area contributed by atoms with Gasteiger partial charge in [0, 0.05) is 24.0 Å². The minimum atomic E-state index is 0.298. The number of fused-ring (bicyclic) bond motifs is 1. The van der Waals surface area contributed by atoms with Gasteiger partial charge in [-0.1, -0.05) is 19.1 Å². The number of nitrogens with one attached hydrogen (secondary N) is 1. The van der Waals surface area contributed by atoms with Gasteiger partial charge in [0.1, 0.15) is 0 Å². The molecule has 2 heteroatoms. The first-order valence-electron chi connectivity index (χ1n) is 6.32. The minimum absolute atomic E-state index is 0.298. The Morgan fingerprint density at radius 2 is 2.22 bits per heavy atom.